The van der Waals surface area contributed by atoms with Crippen molar-refractivity contribution in [3.63, 3.8) is 0 Å². The van der Waals surface area contributed by atoms with E-state index >= 15 is 0 Å². The summed E-state index contributed by atoms with van der Waals surface area (Å²) in [6.07, 6.45) is 2.22. The molecule has 6 aromatic rings. The number of aliphatic hydroxyl groups is 1. The van der Waals surface area contributed by atoms with Gasteiger partial charge in [0.25, 0.3) is 0 Å². The Kier molecular flexibility index (Phi) is 10.8. The molecule has 3 aromatic carbocycles. The number of hydrogen-bond donors (Lipinski definition) is 3. The number of carbonyl (C=O) groups excluding carboxylic acids is 2. The Hall–Kier alpha value is -4.77. The number of nitrogens with zero attached hydrogens (tertiary/aromatic N) is 4. The van der Waals surface area contributed by atoms with Crippen molar-refractivity contribution in [2.45, 2.75) is 36.0 Å². The number of benzene rings is 3. The number of fused-ring (bicyclic) bond motifs is 1. The number of nitrogens with two attached hydrogens (primary N) is 1. The van der Waals surface area contributed by atoms with E-state index in [2.05, 4.69) is 15.2 Å². The zero-order valence-corrected chi connectivity index (χ0v) is 29.3. The van der Waals surface area contributed by atoms with Crippen molar-refractivity contribution in [3.8, 4) is 0 Å². The van der Waals surface area contributed by atoms with Crippen molar-refractivity contribution >= 4 is 54.9 Å². The van der Waals surface area contributed by atoms with Crippen LogP contribution < -0.4 is 5.73 Å². The molecule has 12 nitrogen and oxygen atoms in total. The second-order valence-electron chi connectivity index (χ2n) is 11.4. The second kappa shape index (κ2) is 15.4. The van der Waals surface area contributed by atoms with Gasteiger partial charge in [-0.05, 0) is 41.5 Å². The number of H-pyrrole nitrogens is 1. The third kappa shape index (κ3) is 7.38. The number of nitrogens with one attached hydrogen (secondary N) is 1. The summed E-state index contributed by atoms with van der Waals surface area (Å²) in [5, 5.41) is 17.4. The van der Waals surface area contributed by atoms with Crippen molar-refractivity contribution in [1.82, 2.24) is 24.4 Å². The number of ether oxygens (including phenoxy) is 1. The maximum Gasteiger partial charge on any atom is 0.416 e. The van der Waals surface area contributed by atoms with Crippen molar-refractivity contribution < 1.29 is 27.9 Å². The van der Waals surface area contributed by atoms with Crippen LogP contribution >= 0.6 is 22.7 Å². The van der Waals surface area contributed by atoms with E-state index in [4.69, 9.17) is 10.5 Å². The maximum absolute atomic E-state index is 14.2. The molecule has 0 spiro atoms. The Balaban J connectivity index is 1.30. The molecule has 0 saturated carbocycles. The van der Waals surface area contributed by atoms with Gasteiger partial charge in [0.05, 0.1) is 59.2 Å². The van der Waals surface area contributed by atoms with E-state index < -0.39 is 46.6 Å². The summed E-state index contributed by atoms with van der Waals surface area (Å²) in [7, 11) is -2.98. The number of amides is 2. The number of aromatic amines is 1. The van der Waals surface area contributed by atoms with Crippen LogP contribution in [0.25, 0.3) is 10.2 Å². The number of thiophene rings is 1. The number of sulfonamides is 1. The summed E-state index contributed by atoms with van der Waals surface area (Å²) < 4.78 is 35.4. The molecule has 0 aliphatic carbocycles. The first kappa shape index (κ1) is 35.1. The highest BCUT2D eigenvalue weighted by Crippen LogP contribution is 2.35. The second-order valence-corrected chi connectivity index (χ2v) is 15.3. The van der Waals surface area contributed by atoms with E-state index in [1.807, 2.05) is 60.7 Å². The van der Waals surface area contributed by atoms with Crippen LogP contribution in [0.1, 0.15) is 38.4 Å². The highest BCUT2D eigenvalue weighted by molar-refractivity contribution is 7.89. The van der Waals surface area contributed by atoms with E-state index in [-0.39, 0.29) is 18.0 Å². The number of thiazole rings is 1. The molecule has 2 amide bonds. The van der Waals surface area contributed by atoms with Gasteiger partial charge in [-0.3, -0.25) is 9.89 Å². The first-order valence-electron chi connectivity index (χ1n) is 15.5. The normalized spacial score (nSPS) is 13.1. The number of hydrogen-bond acceptors (Lipinski definition) is 11. The fourth-order valence-corrected chi connectivity index (χ4v) is 9.34. The van der Waals surface area contributed by atoms with Crippen LogP contribution in [0.4, 0.5) is 4.79 Å². The molecule has 258 valence electrons. The Morgan fingerprint density at radius 3 is 2.30 bits per heavy atom. The molecule has 0 saturated heterocycles. The molecule has 6 rings (SSSR count). The van der Waals surface area contributed by atoms with Crippen LogP contribution in [-0.2, 0) is 32.6 Å². The molecule has 15 heteroatoms. The molecule has 3 heterocycles. The van der Waals surface area contributed by atoms with Gasteiger partial charge < -0.3 is 15.6 Å². The average Bonchev–Trinajstić information content (AvgIpc) is 3.94. The van der Waals surface area contributed by atoms with Crippen molar-refractivity contribution in [2.75, 3.05) is 13.7 Å². The van der Waals surface area contributed by atoms with Crippen LogP contribution in [0.5, 0.6) is 0 Å². The standard InChI is InChI=1S/C35H34N6O6S3/c1-47-35(44)40(34(43)33(36)32(24-8-4-2-5-9-24)25-10-6-3-7-11-25)20-26-12-15-30(49-26)29(21-42)41(19-23-17-38-39-18-23)50(45,46)27-13-14-28-31(16-27)48-22-37-28/h2-18,22,29,32-33,42H,19-21,36H2,1H3,(H,38,39)/t29-,33+/m1/s1. The van der Waals surface area contributed by atoms with Crippen LogP contribution in [0.2, 0.25) is 0 Å². The molecule has 2 atom stereocenters. The van der Waals surface area contributed by atoms with Crippen LogP contribution in [0, 0.1) is 0 Å². The van der Waals surface area contributed by atoms with Crippen molar-refractivity contribution in [3.05, 3.63) is 135 Å². The largest absolute Gasteiger partial charge is 0.452 e. The molecule has 50 heavy (non-hydrogen) atoms. The smallest absolute Gasteiger partial charge is 0.416 e. The number of rotatable bonds is 13. The molecule has 3 aromatic heterocycles. The summed E-state index contributed by atoms with van der Waals surface area (Å²) in [6.45, 7) is -0.810. The Morgan fingerprint density at radius 2 is 1.68 bits per heavy atom. The first-order valence-corrected chi connectivity index (χ1v) is 18.6. The highest BCUT2D eigenvalue weighted by atomic mass is 32.2. The Labute approximate surface area is 296 Å². The molecular weight excluding hydrogens is 697 g/mol. The van der Waals surface area contributed by atoms with Gasteiger partial charge in [-0.15, -0.1) is 22.7 Å². The van der Waals surface area contributed by atoms with Crippen LogP contribution in [0.3, 0.4) is 0 Å². The third-order valence-corrected chi connectivity index (χ3v) is 12.1. The fourth-order valence-electron chi connectivity index (χ4n) is 5.77. The zero-order chi connectivity index (χ0) is 35.3. The van der Waals surface area contributed by atoms with E-state index in [0.717, 1.165) is 16.0 Å². The summed E-state index contributed by atoms with van der Waals surface area (Å²) in [5.74, 6) is -1.20. The Morgan fingerprint density at radius 1 is 0.980 bits per heavy atom. The van der Waals surface area contributed by atoms with Crippen molar-refractivity contribution in [1.29, 1.82) is 0 Å². The quantitative estimate of drug-likeness (QED) is 0.143. The van der Waals surface area contributed by atoms with Gasteiger partial charge in [0.1, 0.15) is 0 Å². The maximum atomic E-state index is 14.2. The molecule has 0 fully saturated rings. The zero-order valence-electron chi connectivity index (χ0n) is 26.8. The lowest BCUT2D eigenvalue weighted by atomic mass is 9.85. The predicted molar refractivity (Wildman–Crippen MR) is 191 cm³/mol. The van der Waals surface area contributed by atoms with Gasteiger partial charge in [-0.25, -0.2) is 23.1 Å². The topological polar surface area (TPSA) is 172 Å². The predicted octanol–water partition coefficient (Wildman–Crippen LogP) is 5.26. The van der Waals surface area contributed by atoms with Gasteiger partial charge in [0.2, 0.25) is 15.9 Å². The lowest BCUT2D eigenvalue weighted by molar-refractivity contribution is -0.131. The number of imide groups is 1. The van der Waals surface area contributed by atoms with Gasteiger partial charge in [0, 0.05) is 34.0 Å². The molecular formula is C35H34N6O6S3. The first-order chi connectivity index (χ1) is 24.2. The van der Waals surface area contributed by atoms with Gasteiger partial charge >= 0.3 is 6.09 Å². The molecule has 0 aliphatic heterocycles. The van der Waals surface area contributed by atoms with Crippen LogP contribution in [-0.4, -0.2) is 69.7 Å². The minimum Gasteiger partial charge on any atom is -0.452 e. The minimum atomic E-state index is -4.16. The van der Waals surface area contributed by atoms with Gasteiger partial charge in [-0.1, -0.05) is 60.7 Å². The molecule has 0 unspecified atom stereocenters. The minimum absolute atomic E-state index is 0.0517. The number of methoxy groups -OCH3 is 1. The summed E-state index contributed by atoms with van der Waals surface area (Å²) in [5.41, 5.74) is 11.2. The van der Waals surface area contributed by atoms with E-state index in [9.17, 15) is 23.1 Å². The molecule has 0 bridgehead atoms. The van der Waals surface area contributed by atoms with Crippen LogP contribution in [0.15, 0.2) is 114 Å². The summed E-state index contributed by atoms with van der Waals surface area (Å²) >= 11 is 2.49. The average molecular weight is 731 g/mol. The van der Waals surface area contributed by atoms with E-state index in [0.29, 0.717) is 25.5 Å². The van der Waals surface area contributed by atoms with Gasteiger partial charge in [-0.2, -0.15) is 9.40 Å². The van der Waals surface area contributed by atoms with E-state index in [1.54, 1.807) is 36.0 Å². The number of aromatic nitrogens is 3. The monoisotopic (exact) mass is 730 g/mol. The molecule has 0 aliphatic rings. The van der Waals surface area contributed by atoms with Gasteiger partial charge in [0.15, 0.2) is 0 Å². The molecule has 0 radical (unpaired) electrons. The van der Waals surface area contributed by atoms with Crippen molar-refractivity contribution in [2.24, 2.45) is 5.73 Å². The molecule has 4 N–H and O–H groups in total. The third-order valence-electron chi connectivity index (χ3n) is 8.27. The number of carbonyl (C=O) groups is 2. The summed E-state index contributed by atoms with van der Waals surface area (Å²) in [6, 6.07) is 24.6. The lowest BCUT2D eigenvalue weighted by Crippen LogP contribution is -2.49. The Bertz CT molecular complexity index is 2120. The SMILES string of the molecule is COC(=O)N(Cc1ccc([C@@H](CO)N(Cc2cn[nH]c2)S(=O)(=O)c2ccc3ncsc3c2)s1)C(=O)[C@@H](N)C(c1ccccc1)c1ccccc1. The summed E-state index contributed by atoms with van der Waals surface area (Å²) in [4.78, 5) is 33.4. The lowest BCUT2D eigenvalue weighted by Gasteiger charge is -2.29. The number of aliphatic hydroxyl groups excluding tert-OH is 1. The van der Waals surface area contributed by atoms with E-state index in [1.165, 1.54) is 46.4 Å². The fraction of sp³-hybridized carbons (Fsp3) is 0.200. The highest BCUT2D eigenvalue weighted by Gasteiger charge is 2.36.